The molecule has 1 aromatic carbocycles. The zero-order valence-electron chi connectivity index (χ0n) is 8.54. The zero-order chi connectivity index (χ0) is 11.5. The van der Waals surface area contributed by atoms with E-state index in [0.717, 1.165) is 0 Å². The van der Waals surface area contributed by atoms with Gasteiger partial charge in [-0.1, -0.05) is 23.2 Å². The molecular weight excluding hydrogens is 284 g/mol. The Hall–Kier alpha value is 0.510. The summed E-state index contributed by atoms with van der Waals surface area (Å²) in [7, 11) is -4.20. The van der Waals surface area contributed by atoms with Gasteiger partial charge in [0.2, 0.25) is 0 Å². The van der Waals surface area contributed by atoms with Crippen molar-refractivity contribution in [2.24, 2.45) is 0 Å². The molecule has 0 radical (unpaired) electrons. The van der Waals surface area contributed by atoms with Crippen LogP contribution in [0.4, 0.5) is 5.69 Å². The summed E-state index contributed by atoms with van der Waals surface area (Å²) in [6.07, 6.45) is 0. The van der Waals surface area contributed by atoms with Crippen molar-refractivity contribution in [3.63, 3.8) is 0 Å². The summed E-state index contributed by atoms with van der Waals surface area (Å²) in [4.78, 5) is 0. The van der Waals surface area contributed by atoms with E-state index in [-0.39, 0.29) is 36.1 Å². The Labute approximate surface area is 126 Å². The average molecular weight is 292 g/mol. The fourth-order valence-electron chi connectivity index (χ4n) is 0.944. The Morgan fingerprint density at radius 1 is 1.31 bits per heavy atom. The molecule has 8 heteroatoms. The van der Waals surface area contributed by atoms with Gasteiger partial charge in [0.05, 0.1) is 26.6 Å². The molecule has 0 spiro atoms. The van der Waals surface area contributed by atoms with E-state index < -0.39 is 15.9 Å². The molecule has 84 valence electrons. The molecule has 1 aromatic rings. The van der Waals surface area contributed by atoms with Crippen LogP contribution < -0.4 is 34.9 Å². The summed E-state index contributed by atoms with van der Waals surface area (Å²) in [6.45, 7) is 0.0210. The van der Waals surface area contributed by atoms with Crippen LogP contribution in [0, 0.1) is 0 Å². The van der Waals surface area contributed by atoms with Crippen LogP contribution in [0.3, 0.4) is 0 Å². The Bertz CT molecular complexity index is 453. The smallest absolute Gasteiger partial charge is 0.748 e. The monoisotopic (exact) mass is 291 g/mol. The van der Waals surface area contributed by atoms with Gasteiger partial charge in [-0.25, -0.2) is 8.42 Å². The van der Waals surface area contributed by atoms with E-state index in [2.05, 4.69) is 5.32 Å². The van der Waals surface area contributed by atoms with Gasteiger partial charge in [0.1, 0.15) is 0 Å². The number of rotatable bonds is 4. The molecule has 0 bridgehead atoms. The van der Waals surface area contributed by atoms with E-state index in [1.165, 1.54) is 6.07 Å². The number of hydrogen-bond acceptors (Lipinski definition) is 4. The van der Waals surface area contributed by atoms with Crippen LogP contribution in [-0.2, 0) is 10.1 Å². The molecular formula is C8H8Cl2NNaO3S. The van der Waals surface area contributed by atoms with Crippen molar-refractivity contribution in [2.45, 2.75) is 0 Å². The largest absolute Gasteiger partial charge is 1.00 e. The molecule has 1 rings (SSSR count). The van der Waals surface area contributed by atoms with E-state index in [1.807, 2.05) is 0 Å². The third-order valence-electron chi connectivity index (χ3n) is 1.60. The molecule has 0 aliphatic heterocycles. The Morgan fingerprint density at radius 2 is 1.94 bits per heavy atom. The van der Waals surface area contributed by atoms with Crippen LogP contribution in [-0.4, -0.2) is 25.3 Å². The van der Waals surface area contributed by atoms with E-state index in [9.17, 15) is 13.0 Å². The quantitative estimate of drug-likeness (QED) is 0.568. The van der Waals surface area contributed by atoms with E-state index in [0.29, 0.717) is 15.7 Å². The molecule has 0 saturated heterocycles. The normalized spacial score (nSPS) is 10.7. The standard InChI is InChI=1S/C8H9Cl2NO3S.Na/c9-6-1-2-8(7(10)5-6)11-3-4-15(12,13)14;/h1-2,5,11H,3-4H2,(H,12,13,14);/q;+1/p-1. The first-order valence-corrected chi connectivity index (χ1v) is 6.34. The number of nitrogens with one attached hydrogen (secondary N) is 1. The summed E-state index contributed by atoms with van der Waals surface area (Å²) < 4.78 is 30.9. The first kappa shape index (κ1) is 16.5. The van der Waals surface area contributed by atoms with Crippen LogP contribution in [0.5, 0.6) is 0 Å². The van der Waals surface area contributed by atoms with Crippen molar-refractivity contribution in [2.75, 3.05) is 17.6 Å². The minimum absolute atomic E-state index is 0. The maximum absolute atomic E-state index is 10.3. The average Bonchev–Trinajstić information content (AvgIpc) is 2.07. The van der Waals surface area contributed by atoms with Gasteiger partial charge < -0.3 is 9.87 Å². The summed E-state index contributed by atoms with van der Waals surface area (Å²) in [5, 5.41) is 3.60. The van der Waals surface area contributed by atoms with Crippen LogP contribution in [0.25, 0.3) is 0 Å². The molecule has 4 nitrogen and oxygen atoms in total. The zero-order valence-corrected chi connectivity index (χ0v) is 12.9. The molecule has 0 amide bonds. The summed E-state index contributed by atoms with van der Waals surface area (Å²) >= 11 is 11.5. The minimum Gasteiger partial charge on any atom is -0.748 e. The molecule has 0 heterocycles. The first-order valence-electron chi connectivity index (χ1n) is 4.01. The van der Waals surface area contributed by atoms with Gasteiger partial charge in [-0.15, -0.1) is 0 Å². The molecule has 0 atom stereocenters. The van der Waals surface area contributed by atoms with Gasteiger partial charge in [-0.3, -0.25) is 0 Å². The van der Waals surface area contributed by atoms with Crippen molar-refractivity contribution in [3.8, 4) is 0 Å². The molecule has 0 fully saturated rings. The second-order valence-corrected chi connectivity index (χ2v) is 5.18. The second-order valence-electron chi connectivity index (χ2n) is 2.81. The van der Waals surface area contributed by atoms with Crippen LogP contribution in [0.15, 0.2) is 18.2 Å². The maximum Gasteiger partial charge on any atom is 1.00 e. The van der Waals surface area contributed by atoms with Gasteiger partial charge in [-0.2, -0.15) is 0 Å². The van der Waals surface area contributed by atoms with E-state index >= 15 is 0 Å². The molecule has 0 aromatic heterocycles. The van der Waals surface area contributed by atoms with E-state index in [4.69, 9.17) is 23.2 Å². The summed E-state index contributed by atoms with van der Waals surface area (Å²) in [6, 6.07) is 4.75. The van der Waals surface area contributed by atoms with Crippen LogP contribution in [0.1, 0.15) is 0 Å². The number of hydrogen-bond donors (Lipinski definition) is 1. The molecule has 16 heavy (non-hydrogen) atoms. The number of benzene rings is 1. The van der Waals surface area contributed by atoms with Gasteiger partial charge in [0, 0.05) is 11.6 Å². The molecule has 0 aliphatic carbocycles. The van der Waals surface area contributed by atoms with Crippen molar-refractivity contribution < 1.29 is 42.5 Å². The number of halogens is 2. The third kappa shape index (κ3) is 6.30. The maximum atomic E-state index is 10.3. The van der Waals surface area contributed by atoms with E-state index in [1.54, 1.807) is 12.1 Å². The Balaban J connectivity index is 0.00000225. The topological polar surface area (TPSA) is 69.2 Å². The second kappa shape index (κ2) is 7.06. The third-order valence-corrected chi connectivity index (χ3v) is 2.85. The van der Waals surface area contributed by atoms with Crippen molar-refractivity contribution in [3.05, 3.63) is 28.2 Å². The first-order chi connectivity index (χ1) is 6.88. The number of anilines is 1. The van der Waals surface area contributed by atoms with Gasteiger partial charge in [-0.05, 0) is 18.2 Å². The molecule has 0 saturated carbocycles. The molecule has 1 N–H and O–H groups in total. The van der Waals surface area contributed by atoms with Gasteiger partial charge >= 0.3 is 29.6 Å². The fraction of sp³-hybridized carbons (Fsp3) is 0.250. The van der Waals surface area contributed by atoms with Gasteiger partial charge in [0.15, 0.2) is 0 Å². The Morgan fingerprint density at radius 3 is 2.44 bits per heavy atom. The van der Waals surface area contributed by atoms with Crippen molar-refractivity contribution in [1.82, 2.24) is 0 Å². The fourth-order valence-corrected chi connectivity index (χ4v) is 1.77. The predicted molar refractivity (Wildman–Crippen MR) is 59.5 cm³/mol. The predicted octanol–water partition coefficient (Wildman–Crippen LogP) is -1.05. The van der Waals surface area contributed by atoms with Crippen LogP contribution in [0.2, 0.25) is 10.0 Å². The molecule has 0 aliphatic rings. The van der Waals surface area contributed by atoms with Crippen molar-refractivity contribution in [1.29, 1.82) is 0 Å². The SMILES string of the molecule is O=S(=O)([O-])CCNc1ccc(Cl)cc1Cl.[Na+]. The minimum atomic E-state index is -4.20. The van der Waals surface area contributed by atoms with Crippen molar-refractivity contribution >= 4 is 39.0 Å². The Kier molecular flexibility index (Phi) is 7.28. The van der Waals surface area contributed by atoms with Crippen LogP contribution >= 0.6 is 23.2 Å². The summed E-state index contributed by atoms with van der Waals surface area (Å²) in [5.41, 5.74) is 0.546. The summed E-state index contributed by atoms with van der Waals surface area (Å²) in [5.74, 6) is -0.480. The van der Waals surface area contributed by atoms with Gasteiger partial charge in [0.25, 0.3) is 0 Å². The molecule has 0 unspecified atom stereocenters.